The highest BCUT2D eigenvalue weighted by Crippen LogP contribution is 2.16. The lowest BCUT2D eigenvalue weighted by molar-refractivity contribution is -0.125. The predicted molar refractivity (Wildman–Crippen MR) is 84.5 cm³/mol. The summed E-state index contributed by atoms with van der Waals surface area (Å²) in [7, 11) is 3.52. The van der Waals surface area contributed by atoms with Gasteiger partial charge in [0, 0.05) is 12.1 Å². The number of rotatable bonds is 7. The number of ether oxygens (including phenoxy) is 1. The lowest BCUT2D eigenvalue weighted by Gasteiger charge is -2.23. The third-order valence-corrected chi connectivity index (χ3v) is 3.67. The number of likely N-dealkylation sites (N-methyl/N-ethyl adjacent to an activating group) is 1. The molecule has 0 aliphatic rings. The minimum absolute atomic E-state index is 0.0278. The van der Waals surface area contributed by atoms with Crippen LogP contribution in [0.25, 0.3) is 0 Å². The number of hydrogen-bond donors (Lipinski definition) is 1. The van der Waals surface area contributed by atoms with Gasteiger partial charge in [0.05, 0.1) is 26.0 Å². The summed E-state index contributed by atoms with van der Waals surface area (Å²) < 4.78 is 10.6. The molecule has 0 radical (unpaired) electrons. The van der Waals surface area contributed by atoms with Gasteiger partial charge in [-0.2, -0.15) is 0 Å². The van der Waals surface area contributed by atoms with Crippen LogP contribution in [0, 0.1) is 0 Å². The maximum atomic E-state index is 12.3. The van der Waals surface area contributed by atoms with Crippen molar-refractivity contribution in [2.24, 2.45) is 0 Å². The molecule has 118 valence electrons. The van der Waals surface area contributed by atoms with Crippen LogP contribution < -0.4 is 10.1 Å². The molecular weight excluding hydrogens is 280 g/mol. The molecule has 1 amide bonds. The van der Waals surface area contributed by atoms with Gasteiger partial charge in [0.1, 0.15) is 11.5 Å². The number of carbonyl (C=O) groups excluding carboxylic acids is 1. The van der Waals surface area contributed by atoms with Gasteiger partial charge in [-0.3, -0.25) is 9.69 Å². The first-order valence-corrected chi connectivity index (χ1v) is 7.24. The smallest absolute Gasteiger partial charge is 0.237 e. The normalized spacial score (nSPS) is 12.2. The highest BCUT2D eigenvalue weighted by molar-refractivity contribution is 5.81. The van der Waals surface area contributed by atoms with Gasteiger partial charge in [-0.1, -0.05) is 18.2 Å². The predicted octanol–water partition coefficient (Wildman–Crippen LogP) is 2.42. The summed E-state index contributed by atoms with van der Waals surface area (Å²) in [6, 6.07) is 11.1. The van der Waals surface area contributed by atoms with Gasteiger partial charge in [-0.05, 0) is 32.2 Å². The number of nitrogens with one attached hydrogen (secondary N) is 1. The monoisotopic (exact) mass is 302 g/mol. The third kappa shape index (κ3) is 4.11. The summed E-state index contributed by atoms with van der Waals surface area (Å²) in [6.45, 7) is 2.92. The van der Waals surface area contributed by atoms with Gasteiger partial charge >= 0.3 is 0 Å². The van der Waals surface area contributed by atoms with E-state index in [0.29, 0.717) is 13.1 Å². The number of amides is 1. The average molecular weight is 302 g/mol. The molecule has 5 nitrogen and oxygen atoms in total. The topological polar surface area (TPSA) is 54.7 Å². The number of furan rings is 1. The van der Waals surface area contributed by atoms with Crippen LogP contribution in [0.4, 0.5) is 0 Å². The Hall–Kier alpha value is -2.27. The Morgan fingerprint density at radius 3 is 2.77 bits per heavy atom. The summed E-state index contributed by atoms with van der Waals surface area (Å²) in [5.74, 6) is 1.59. The Morgan fingerprint density at radius 2 is 2.09 bits per heavy atom. The van der Waals surface area contributed by atoms with E-state index in [9.17, 15) is 4.79 Å². The summed E-state index contributed by atoms with van der Waals surface area (Å²) in [6.07, 6.45) is 1.63. The second-order valence-corrected chi connectivity index (χ2v) is 5.20. The maximum Gasteiger partial charge on any atom is 0.237 e. The number of hydrogen-bond acceptors (Lipinski definition) is 4. The SMILES string of the molecule is COc1ccccc1CNC(=O)[C@@H](C)N(C)Cc1ccco1. The third-order valence-electron chi connectivity index (χ3n) is 3.67. The molecule has 2 aromatic rings. The zero-order valence-corrected chi connectivity index (χ0v) is 13.2. The standard InChI is InChI=1S/C17H22N2O3/c1-13(19(2)12-15-8-6-10-22-15)17(20)18-11-14-7-4-5-9-16(14)21-3/h4-10,13H,11-12H2,1-3H3,(H,18,20)/t13-/m1/s1. The molecule has 0 fully saturated rings. The second-order valence-electron chi connectivity index (χ2n) is 5.20. The van der Waals surface area contributed by atoms with E-state index in [1.54, 1.807) is 13.4 Å². The molecule has 22 heavy (non-hydrogen) atoms. The molecule has 0 spiro atoms. The fraction of sp³-hybridized carbons (Fsp3) is 0.353. The van der Waals surface area contributed by atoms with Crippen LogP contribution in [0.1, 0.15) is 18.2 Å². The van der Waals surface area contributed by atoms with Crippen LogP contribution in [0.2, 0.25) is 0 Å². The summed E-state index contributed by atoms with van der Waals surface area (Å²) in [4.78, 5) is 14.2. The average Bonchev–Trinajstić information content (AvgIpc) is 3.04. The van der Waals surface area contributed by atoms with Crippen molar-refractivity contribution in [2.45, 2.75) is 26.1 Å². The van der Waals surface area contributed by atoms with Crippen molar-refractivity contribution in [3.63, 3.8) is 0 Å². The lowest BCUT2D eigenvalue weighted by atomic mass is 10.2. The zero-order chi connectivity index (χ0) is 15.9. The molecule has 2 rings (SSSR count). The number of nitrogens with zero attached hydrogens (tertiary/aromatic N) is 1. The Balaban J connectivity index is 1.88. The molecule has 5 heteroatoms. The Kier molecular flexibility index (Phi) is 5.61. The van der Waals surface area contributed by atoms with E-state index in [0.717, 1.165) is 17.1 Å². The van der Waals surface area contributed by atoms with Crippen molar-refractivity contribution < 1.29 is 13.9 Å². The highest BCUT2D eigenvalue weighted by atomic mass is 16.5. The maximum absolute atomic E-state index is 12.3. The highest BCUT2D eigenvalue weighted by Gasteiger charge is 2.19. The van der Waals surface area contributed by atoms with Gasteiger partial charge in [0.15, 0.2) is 0 Å². The van der Waals surface area contributed by atoms with Gasteiger partial charge in [-0.25, -0.2) is 0 Å². The molecule has 0 aliphatic heterocycles. The van der Waals surface area contributed by atoms with Crippen LogP contribution in [0.3, 0.4) is 0 Å². The van der Waals surface area contributed by atoms with Crippen molar-refractivity contribution >= 4 is 5.91 Å². The number of methoxy groups -OCH3 is 1. The molecule has 0 aliphatic carbocycles. The molecule has 1 aromatic heterocycles. The molecule has 1 heterocycles. The lowest BCUT2D eigenvalue weighted by Crippen LogP contribution is -2.42. The fourth-order valence-corrected chi connectivity index (χ4v) is 2.16. The number of benzene rings is 1. The van der Waals surface area contributed by atoms with Crippen molar-refractivity contribution in [3.8, 4) is 5.75 Å². The minimum Gasteiger partial charge on any atom is -0.496 e. The minimum atomic E-state index is -0.250. The van der Waals surface area contributed by atoms with E-state index in [1.807, 2.05) is 55.3 Å². The molecule has 0 unspecified atom stereocenters. The fourth-order valence-electron chi connectivity index (χ4n) is 2.16. The first-order valence-electron chi connectivity index (χ1n) is 7.24. The van der Waals surface area contributed by atoms with E-state index in [4.69, 9.17) is 9.15 Å². The van der Waals surface area contributed by atoms with Crippen molar-refractivity contribution in [3.05, 3.63) is 54.0 Å². The molecule has 1 N–H and O–H groups in total. The summed E-state index contributed by atoms with van der Waals surface area (Å²) in [5.41, 5.74) is 0.958. The molecule has 1 aromatic carbocycles. The molecule has 0 bridgehead atoms. The number of carbonyl (C=O) groups is 1. The second kappa shape index (κ2) is 7.66. The largest absolute Gasteiger partial charge is 0.496 e. The van der Waals surface area contributed by atoms with Crippen molar-refractivity contribution in [1.29, 1.82) is 0 Å². The summed E-state index contributed by atoms with van der Waals surface area (Å²) in [5, 5.41) is 2.94. The van der Waals surface area contributed by atoms with Crippen LogP contribution >= 0.6 is 0 Å². The van der Waals surface area contributed by atoms with E-state index in [1.165, 1.54) is 0 Å². The Bertz CT molecular complexity index is 596. The zero-order valence-electron chi connectivity index (χ0n) is 13.2. The van der Waals surface area contributed by atoms with Gasteiger partial charge in [0.25, 0.3) is 0 Å². The van der Waals surface area contributed by atoms with E-state index < -0.39 is 0 Å². The van der Waals surface area contributed by atoms with Crippen molar-refractivity contribution in [1.82, 2.24) is 10.2 Å². The first kappa shape index (κ1) is 16.1. The Morgan fingerprint density at radius 1 is 1.32 bits per heavy atom. The quantitative estimate of drug-likeness (QED) is 0.853. The number of para-hydroxylation sites is 1. The summed E-state index contributed by atoms with van der Waals surface area (Å²) >= 11 is 0. The molecule has 0 saturated carbocycles. The van der Waals surface area contributed by atoms with E-state index in [-0.39, 0.29) is 11.9 Å². The molecule has 0 saturated heterocycles. The van der Waals surface area contributed by atoms with Gasteiger partial charge in [-0.15, -0.1) is 0 Å². The van der Waals surface area contributed by atoms with Gasteiger partial charge in [0.2, 0.25) is 5.91 Å². The van der Waals surface area contributed by atoms with Crippen LogP contribution in [0.15, 0.2) is 47.1 Å². The van der Waals surface area contributed by atoms with Crippen LogP contribution in [-0.4, -0.2) is 31.0 Å². The van der Waals surface area contributed by atoms with Gasteiger partial charge < -0.3 is 14.5 Å². The van der Waals surface area contributed by atoms with Crippen molar-refractivity contribution in [2.75, 3.05) is 14.2 Å². The first-order chi connectivity index (χ1) is 10.6. The van der Waals surface area contributed by atoms with Crippen LogP contribution in [-0.2, 0) is 17.9 Å². The van der Waals surface area contributed by atoms with E-state index in [2.05, 4.69) is 5.32 Å². The Labute approximate surface area is 130 Å². The van der Waals surface area contributed by atoms with E-state index >= 15 is 0 Å². The molecular formula is C17H22N2O3. The van der Waals surface area contributed by atoms with Crippen LogP contribution in [0.5, 0.6) is 5.75 Å². The molecule has 1 atom stereocenters.